The lowest BCUT2D eigenvalue weighted by Crippen LogP contribution is -2.23. The first-order valence-electron chi connectivity index (χ1n) is 6.65. The normalized spacial score (nSPS) is 22.8. The predicted octanol–water partition coefficient (Wildman–Crippen LogP) is 3.61. The maximum atomic E-state index is 12.7. The molecule has 0 amide bonds. The Morgan fingerprint density at radius 3 is 1.80 bits per heavy atom. The third kappa shape index (κ3) is 1.41. The zero-order valence-electron chi connectivity index (χ0n) is 12.8. The van der Waals surface area contributed by atoms with Gasteiger partial charge in [-0.05, 0) is 38.8 Å². The monoisotopic (exact) mass is 266 g/mol. The standard InChI is InChI=1S/C17H18N2O/c1-9-12-13(15(20)17(9,5)6)10(2)16(3,4)14(12)11(7-18)8-19/h1-6H3. The van der Waals surface area contributed by atoms with Gasteiger partial charge in [0.1, 0.15) is 17.7 Å². The molecule has 20 heavy (non-hydrogen) atoms. The van der Waals surface area contributed by atoms with Crippen LogP contribution in [0.25, 0.3) is 0 Å². The summed E-state index contributed by atoms with van der Waals surface area (Å²) in [5, 5.41) is 18.5. The first-order valence-corrected chi connectivity index (χ1v) is 6.65. The highest BCUT2D eigenvalue weighted by Crippen LogP contribution is 2.58. The van der Waals surface area contributed by atoms with Crippen LogP contribution in [0, 0.1) is 33.5 Å². The van der Waals surface area contributed by atoms with Crippen LogP contribution < -0.4 is 0 Å². The number of hydrogen-bond donors (Lipinski definition) is 0. The van der Waals surface area contributed by atoms with Gasteiger partial charge in [0.15, 0.2) is 5.78 Å². The lowest BCUT2D eigenvalue weighted by molar-refractivity contribution is -0.120. The molecule has 0 spiro atoms. The molecule has 0 saturated carbocycles. The number of ketones is 1. The molecule has 0 saturated heterocycles. The highest BCUT2D eigenvalue weighted by molar-refractivity contribution is 6.12. The van der Waals surface area contributed by atoms with Crippen molar-refractivity contribution < 1.29 is 4.79 Å². The Morgan fingerprint density at radius 1 is 0.900 bits per heavy atom. The summed E-state index contributed by atoms with van der Waals surface area (Å²) in [5.41, 5.74) is 3.30. The molecule has 0 atom stereocenters. The van der Waals surface area contributed by atoms with Crippen molar-refractivity contribution in [3.05, 3.63) is 33.4 Å². The summed E-state index contributed by atoms with van der Waals surface area (Å²) in [4.78, 5) is 12.7. The van der Waals surface area contributed by atoms with Gasteiger partial charge in [0.25, 0.3) is 0 Å². The zero-order chi connectivity index (χ0) is 15.5. The summed E-state index contributed by atoms with van der Waals surface area (Å²) >= 11 is 0. The molecule has 0 bridgehead atoms. The van der Waals surface area contributed by atoms with E-state index in [0.29, 0.717) is 5.57 Å². The molecular weight excluding hydrogens is 248 g/mol. The van der Waals surface area contributed by atoms with Crippen molar-refractivity contribution in [2.45, 2.75) is 41.5 Å². The van der Waals surface area contributed by atoms with Gasteiger partial charge in [-0.3, -0.25) is 4.79 Å². The fourth-order valence-electron chi connectivity index (χ4n) is 3.15. The van der Waals surface area contributed by atoms with Gasteiger partial charge in [0, 0.05) is 16.4 Å². The molecule has 102 valence electrons. The van der Waals surface area contributed by atoms with Gasteiger partial charge < -0.3 is 0 Å². The van der Waals surface area contributed by atoms with Gasteiger partial charge in [-0.1, -0.05) is 25.0 Å². The molecule has 0 fully saturated rings. The number of fused-ring (bicyclic) bond motifs is 1. The van der Waals surface area contributed by atoms with Crippen molar-refractivity contribution in [3.8, 4) is 12.1 Å². The average molecular weight is 266 g/mol. The van der Waals surface area contributed by atoms with Crippen LogP contribution in [0.1, 0.15) is 41.5 Å². The molecule has 3 heteroatoms. The first kappa shape index (κ1) is 14.3. The third-order valence-corrected chi connectivity index (χ3v) is 5.02. The van der Waals surface area contributed by atoms with Crippen molar-refractivity contribution in [2.75, 3.05) is 0 Å². The highest BCUT2D eigenvalue weighted by Gasteiger charge is 2.52. The molecule has 0 N–H and O–H groups in total. The number of carbonyl (C=O) groups is 1. The summed E-state index contributed by atoms with van der Waals surface area (Å²) in [6.45, 7) is 11.6. The van der Waals surface area contributed by atoms with Crippen LogP contribution in [0.15, 0.2) is 33.4 Å². The summed E-state index contributed by atoms with van der Waals surface area (Å²) in [6.07, 6.45) is 0. The summed E-state index contributed by atoms with van der Waals surface area (Å²) in [6, 6.07) is 3.98. The van der Waals surface area contributed by atoms with Crippen LogP contribution >= 0.6 is 0 Å². The van der Waals surface area contributed by atoms with Crippen LogP contribution in [0.2, 0.25) is 0 Å². The molecule has 2 aliphatic carbocycles. The molecule has 0 aliphatic heterocycles. The predicted molar refractivity (Wildman–Crippen MR) is 76.2 cm³/mol. The topological polar surface area (TPSA) is 64.7 Å². The fraction of sp³-hybridized carbons (Fsp3) is 0.471. The van der Waals surface area contributed by atoms with Crippen molar-refractivity contribution >= 4 is 5.78 Å². The van der Waals surface area contributed by atoms with Crippen LogP contribution in [0.3, 0.4) is 0 Å². The minimum atomic E-state index is -0.552. The van der Waals surface area contributed by atoms with E-state index in [-0.39, 0.29) is 11.4 Å². The molecule has 3 nitrogen and oxygen atoms in total. The Kier molecular flexibility index (Phi) is 2.81. The molecule has 0 radical (unpaired) electrons. The van der Waals surface area contributed by atoms with Crippen LogP contribution in [-0.2, 0) is 4.79 Å². The zero-order valence-corrected chi connectivity index (χ0v) is 12.8. The Bertz CT molecular complexity index is 697. The Labute approximate surface area is 119 Å². The number of Topliss-reactive ketones (excluding diaryl/α,β-unsaturated/α-hetero) is 1. The van der Waals surface area contributed by atoms with Gasteiger partial charge in [0.2, 0.25) is 0 Å². The number of hydrogen-bond acceptors (Lipinski definition) is 3. The summed E-state index contributed by atoms with van der Waals surface area (Å²) in [5.74, 6) is 0.0980. The Balaban J connectivity index is 2.96. The maximum Gasteiger partial charge on any atom is 0.173 e. The second-order valence-corrected chi connectivity index (χ2v) is 6.55. The van der Waals surface area contributed by atoms with Gasteiger partial charge >= 0.3 is 0 Å². The molecular formula is C17H18N2O. The molecule has 0 aromatic rings. The van der Waals surface area contributed by atoms with Crippen LogP contribution in [0.4, 0.5) is 0 Å². The van der Waals surface area contributed by atoms with E-state index in [2.05, 4.69) is 0 Å². The summed E-state index contributed by atoms with van der Waals surface area (Å²) < 4.78 is 0. The second kappa shape index (κ2) is 3.93. The van der Waals surface area contributed by atoms with Crippen molar-refractivity contribution in [1.29, 1.82) is 10.5 Å². The van der Waals surface area contributed by atoms with Gasteiger partial charge in [-0.15, -0.1) is 0 Å². The second-order valence-electron chi connectivity index (χ2n) is 6.55. The van der Waals surface area contributed by atoms with Gasteiger partial charge in [-0.2, -0.15) is 10.5 Å². The van der Waals surface area contributed by atoms with E-state index >= 15 is 0 Å². The van der Waals surface area contributed by atoms with E-state index in [9.17, 15) is 15.3 Å². The van der Waals surface area contributed by atoms with Crippen molar-refractivity contribution in [1.82, 2.24) is 0 Å². The smallest absolute Gasteiger partial charge is 0.173 e. The molecule has 0 aromatic heterocycles. The van der Waals surface area contributed by atoms with E-state index < -0.39 is 10.8 Å². The molecule has 0 aromatic carbocycles. The van der Waals surface area contributed by atoms with Gasteiger partial charge in [-0.25, -0.2) is 0 Å². The first-order chi connectivity index (χ1) is 9.12. The summed E-state index contributed by atoms with van der Waals surface area (Å²) in [7, 11) is 0. The van der Waals surface area contributed by atoms with Crippen molar-refractivity contribution in [2.24, 2.45) is 10.8 Å². The lowest BCUT2D eigenvalue weighted by Gasteiger charge is -2.26. The quantitative estimate of drug-likeness (QED) is 0.629. The molecule has 0 heterocycles. The average Bonchev–Trinajstić information content (AvgIpc) is 2.68. The van der Waals surface area contributed by atoms with E-state index in [1.54, 1.807) is 0 Å². The Morgan fingerprint density at radius 2 is 1.35 bits per heavy atom. The maximum absolute atomic E-state index is 12.7. The third-order valence-electron chi connectivity index (χ3n) is 5.02. The van der Waals surface area contributed by atoms with E-state index in [1.807, 2.05) is 53.7 Å². The van der Waals surface area contributed by atoms with Gasteiger partial charge in [0.05, 0.1) is 0 Å². The number of rotatable bonds is 0. The van der Waals surface area contributed by atoms with Crippen LogP contribution in [0.5, 0.6) is 0 Å². The fourth-order valence-corrected chi connectivity index (χ4v) is 3.15. The minimum Gasteiger partial charge on any atom is -0.293 e. The molecule has 2 aliphatic rings. The SMILES string of the molecule is CC1=C2C(=C(C)C(C)(C)C2=C(C#N)C#N)C(=O)C1(C)C. The number of nitriles is 2. The molecule has 0 unspecified atom stereocenters. The van der Waals surface area contributed by atoms with E-state index in [1.165, 1.54) is 0 Å². The van der Waals surface area contributed by atoms with E-state index in [4.69, 9.17) is 0 Å². The largest absolute Gasteiger partial charge is 0.293 e. The van der Waals surface area contributed by atoms with Crippen LogP contribution in [-0.4, -0.2) is 5.78 Å². The number of allylic oxidation sites excluding steroid dienone is 6. The number of nitrogens with zero attached hydrogens (tertiary/aromatic N) is 2. The lowest BCUT2D eigenvalue weighted by atomic mass is 9.75. The Hall–Kier alpha value is -2.13. The van der Waals surface area contributed by atoms with E-state index in [0.717, 1.165) is 22.3 Å². The highest BCUT2D eigenvalue weighted by atomic mass is 16.1. The molecule has 2 rings (SSSR count). The van der Waals surface area contributed by atoms with Crippen molar-refractivity contribution in [3.63, 3.8) is 0 Å². The number of carbonyl (C=O) groups excluding carboxylic acids is 1. The minimum absolute atomic E-state index is 0.0980.